The van der Waals surface area contributed by atoms with Gasteiger partial charge in [0.1, 0.15) is 5.75 Å². The fourth-order valence-electron chi connectivity index (χ4n) is 2.82. The first-order valence-electron chi connectivity index (χ1n) is 8.13. The number of methoxy groups -OCH3 is 1. The lowest BCUT2D eigenvalue weighted by molar-refractivity contribution is -0.384. The van der Waals surface area contributed by atoms with Crippen molar-refractivity contribution in [3.8, 4) is 5.75 Å². The molecule has 8 nitrogen and oxygen atoms in total. The van der Waals surface area contributed by atoms with E-state index in [1.807, 2.05) is 36.7 Å². The summed E-state index contributed by atoms with van der Waals surface area (Å²) in [6.45, 7) is 1.96. The molecule has 3 aromatic rings. The van der Waals surface area contributed by atoms with E-state index in [9.17, 15) is 14.9 Å². The molecule has 1 aromatic heterocycles. The van der Waals surface area contributed by atoms with Gasteiger partial charge >= 0.3 is 0 Å². The summed E-state index contributed by atoms with van der Waals surface area (Å²) in [5.74, 6) is 0.286. The molecule has 0 radical (unpaired) electrons. The molecular weight excluding hydrogens is 348 g/mol. The number of nitro groups is 1. The van der Waals surface area contributed by atoms with Gasteiger partial charge in [-0.2, -0.15) is 5.10 Å². The fourth-order valence-corrected chi connectivity index (χ4v) is 2.82. The zero-order valence-corrected chi connectivity index (χ0v) is 15.1. The summed E-state index contributed by atoms with van der Waals surface area (Å²) < 4.78 is 7.32. The summed E-state index contributed by atoms with van der Waals surface area (Å²) in [7, 11) is 3.56. The van der Waals surface area contributed by atoms with E-state index in [1.165, 1.54) is 24.3 Å². The van der Waals surface area contributed by atoms with E-state index in [2.05, 4.69) is 10.5 Å². The maximum absolute atomic E-state index is 12.2. The molecule has 0 aliphatic rings. The molecule has 0 unspecified atom stereocenters. The second kappa shape index (κ2) is 7.28. The largest absolute Gasteiger partial charge is 0.497 e. The SMILES string of the molecule is COc1ccc2c(c1)c(C=NNC(=O)c1ccc([N+](=O)[O-])cc1)c(C)n2C. The Morgan fingerprint density at radius 2 is 1.96 bits per heavy atom. The molecule has 0 spiro atoms. The molecule has 27 heavy (non-hydrogen) atoms. The number of hydrazone groups is 1. The maximum Gasteiger partial charge on any atom is 0.271 e. The number of carbonyl (C=O) groups is 1. The van der Waals surface area contributed by atoms with Crippen LogP contribution in [-0.4, -0.2) is 28.7 Å². The van der Waals surface area contributed by atoms with Crippen molar-refractivity contribution in [1.29, 1.82) is 0 Å². The molecule has 0 aliphatic heterocycles. The number of aromatic nitrogens is 1. The lowest BCUT2D eigenvalue weighted by Gasteiger charge is -2.01. The Bertz CT molecular complexity index is 1050. The number of fused-ring (bicyclic) bond motifs is 1. The van der Waals surface area contributed by atoms with Crippen molar-refractivity contribution in [3.05, 3.63) is 69.4 Å². The van der Waals surface area contributed by atoms with Crippen LogP contribution in [0.4, 0.5) is 5.69 Å². The fraction of sp³-hybridized carbons (Fsp3) is 0.158. The minimum atomic E-state index is -0.516. The topological polar surface area (TPSA) is 98.8 Å². The zero-order valence-electron chi connectivity index (χ0n) is 15.1. The van der Waals surface area contributed by atoms with Gasteiger partial charge in [-0.3, -0.25) is 14.9 Å². The number of hydrogen-bond acceptors (Lipinski definition) is 5. The summed E-state index contributed by atoms with van der Waals surface area (Å²) in [4.78, 5) is 22.3. The number of benzene rings is 2. The third kappa shape index (κ3) is 3.50. The first kappa shape index (κ1) is 18.1. The quantitative estimate of drug-likeness (QED) is 0.426. The molecule has 0 saturated heterocycles. The number of aryl methyl sites for hydroxylation is 1. The van der Waals surface area contributed by atoms with E-state index in [-0.39, 0.29) is 11.3 Å². The Kier molecular flexibility index (Phi) is 4.89. The first-order chi connectivity index (χ1) is 12.9. The van der Waals surface area contributed by atoms with Crippen LogP contribution in [0.5, 0.6) is 5.75 Å². The molecular formula is C19H18N4O4. The number of nitrogens with zero attached hydrogens (tertiary/aromatic N) is 3. The predicted molar refractivity (Wildman–Crippen MR) is 102 cm³/mol. The lowest BCUT2D eigenvalue weighted by Crippen LogP contribution is -2.17. The highest BCUT2D eigenvalue weighted by Crippen LogP contribution is 2.27. The standard InChI is InChI=1S/C19H18N4O4/c1-12-17(16-10-15(27-3)8-9-18(16)22(12)2)11-20-21-19(24)13-4-6-14(7-5-13)23(25)26/h4-11H,1-3H3,(H,21,24). The van der Waals surface area contributed by atoms with Crippen LogP contribution in [0.1, 0.15) is 21.6 Å². The highest BCUT2D eigenvalue weighted by molar-refractivity contribution is 6.02. The summed E-state index contributed by atoms with van der Waals surface area (Å²) in [5.41, 5.74) is 5.55. The molecule has 2 aromatic carbocycles. The number of ether oxygens (including phenoxy) is 1. The van der Waals surface area contributed by atoms with E-state index >= 15 is 0 Å². The molecule has 138 valence electrons. The Balaban J connectivity index is 1.82. The van der Waals surface area contributed by atoms with Crippen LogP contribution < -0.4 is 10.2 Å². The van der Waals surface area contributed by atoms with Crippen LogP contribution in [0.2, 0.25) is 0 Å². The summed E-state index contributed by atoms with van der Waals surface area (Å²) in [5, 5.41) is 15.7. The van der Waals surface area contributed by atoms with Crippen LogP contribution in [0.25, 0.3) is 10.9 Å². The zero-order chi connectivity index (χ0) is 19.6. The Morgan fingerprint density at radius 3 is 2.59 bits per heavy atom. The molecule has 0 aliphatic carbocycles. The van der Waals surface area contributed by atoms with Crippen molar-refractivity contribution in [1.82, 2.24) is 9.99 Å². The van der Waals surface area contributed by atoms with Gasteiger partial charge in [0.25, 0.3) is 11.6 Å². The van der Waals surface area contributed by atoms with E-state index in [0.717, 1.165) is 27.9 Å². The van der Waals surface area contributed by atoms with Crippen molar-refractivity contribution >= 4 is 28.7 Å². The average Bonchev–Trinajstić information content (AvgIpc) is 2.92. The maximum atomic E-state index is 12.2. The normalized spacial score (nSPS) is 11.1. The molecule has 0 fully saturated rings. The van der Waals surface area contributed by atoms with Gasteiger partial charge in [0.2, 0.25) is 0 Å². The summed E-state index contributed by atoms with van der Waals surface area (Å²) >= 11 is 0. The minimum Gasteiger partial charge on any atom is -0.497 e. The molecule has 1 heterocycles. The number of rotatable bonds is 5. The van der Waals surface area contributed by atoms with Crippen LogP contribution >= 0.6 is 0 Å². The summed E-state index contributed by atoms with van der Waals surface area (Å²) in [6.07, 6.45) is 1.58. The lowest BCUT2D eigenvalue weighted by atomic mass is 10.1. The van der Waals surface area contributed by atoms with Gasteiger partial charge in [-0.05, 0) is 37.3 Å². The van der Waals surface area contributed by atoms with E-state index in [1.54, 1.807) is 13.3 Å². The minimum absolute atomic E-state index is 0.0737. The third-order valence-electron chi connectivity index (χ3n) is 4.45. The molecule has 0 atom stereocenters. The second-order valence-corrected chi connectivity index (χ2v) is 5.94. The molecule has 0 bridgehead atoms. The highest BCUT2D eigenvalue weighted by atomic mass is 16.6. The van der Waals surface area contributed by atoms with Gasteiger partial charge in [0, 0.05) is 46.9 Å². The monoisotopic (exact) mass is 366 g/mol. The van der Waals surface area contributed by atoms with Crippen LogP contribution in [0.3, 0.4) is 0 Å². The van der Waals surface area contributed by atoms with Crippen molar-refractivity contribution in [2.45, 2.75) is 6.92 Å². The van der Waals surface area contributed by atoms with Gasteiger partial charge in [0.05, 0.1) is 18.2 Å². The number of nitrogens with one attached hydrogen (secondary N) is 1. The number of carbonyl (C=O) groups excluding carboxylic acids is 1. The number of amides is 1. The van der Waals surface area contributed by atoms with Gasteiger partial charge < -0.3 is 9.30 Å². The third-order valence-corrected chi connectivity index (χ3v) is 4.45. The van der Waals surface area contributed by atoms with Crippen molar-refractivity contribution < 1.29 is 14.5 Å². The average molecular weight is 366 g/mol. The van der Waals surface area contributed by atoms with Crippen molar-refractivity contribution in [2.75, 3.05) is 7.11 Å². The molecule has 1 N–H and O–H groups in total. The van der Waals surface area contributed by atoms with Gasteiger partial charge in [-0.15, -0.1) is 0 Å². The molecule has 0 saturated carbocycles. The number of non-ortho nitro benzene ring substituents is 1. The highest BCUT2D eigenvalue weighted by Gasteiger charge is 2.12. The van der Waals surface area contributed by atoms with Crippen LogP contribution in [-0.2, 0) is 7.05 Å². The Labute approximate surface area is 155 Å². The van der Waals surface area contributed by atoms with Crippen LogP contribution in [0, 0.1) is 17.0 Å². The molecule has 8 heteroatoms. The molecule has 1 amide bonds. The first-order valence-corrected chi connectivity index (χ1v) is 8.13. The Hall–Kier alpha value is -3.68. The van der Waals surface area contributed by atoms with Crippen molar-refractivity contribution in [3.63, 3.8) is 0 Å². The van der Waals surface area contributed by atoms with E-state index < -0.39 is 10.8 Å². The van der Waals surface area contributed by atoms with Crippen LogP contribution in [0.15, 0.2) is 47.6 Å². The molecule has 3 rings (SSSR count). The summed E-state index contributed by atoms with van der Waals surface area (Å²) in [6, 6.07) is 11.1. The Morgan fingerprint density at radius 1 is 1.26 bits per heavy atom. The number of nitro benzene ring substituents is 1. The van der Waals surface area contributed by atoms with Gasteiger partial charge in [-0.1, -0.05) is 0 Å². The predicted octanol–water partition coefficient (Wildman–Crippen LogP) is 3.17. The smallest absolute Gasteiger partial charge is 0.271 e. The van der Waals surface area contributed by atoms with E-state index in [0.29, 0.717) is 0 Å². The van der Waals surface area contributed by atoms with E-state index in [4.69, 9.17) is 4.74 Å². The van der Waals surface area contributed by atoms with Crippen molar-refractivity contribution in [2.24, 2.45) is 12.1 Å². The second-order valence-electron chi connectivity index (χ2n) is 5.94. The van der Waals surface area contributed by atoms with Gasteiger partial charge in [-0.25, -0.2) is 5.43 Å². The van der Waals surface area contributed by atoms with Gasteiger partial charge in [0.15, 0.2) is 0 Å². The number of hydrogen-bond donors (Lipinski definition) is 1.